The van der Waals surface area contributed by atoms with Crippen LogP contribution in [-0.2, 0) is 4.79 Å². The van der Waals surface area contributed by atoms with Crippen molar-refractivity contribution < 1.29 is 9.53 Å². The molecule has 0 radical (unpaired) electrons. The maximum absolute atomic E-state index is 11.8. The molecule has 0 aromatic heterocycles. The normalized spacial score (nSPS) is 11.0. The summed E-state index contributed by atoms with van der Waals surface area (Å²) in [4.78, 5) is 11.8. The van der Waals surface area contributed by atoms with Crippen LogP contribution in [0.4, 0.5) is 5.69 Å². The molecule has 0 aliphatic heterocycles. The molecule has 0 aliphatic rings. The highest BCUT2D eigenvalue weighted by atomic mass is 16.5. The van der Waals surface area contributed by atoms with Crippen molar-refractivity contribution in [3.63, 3.8) is 0 Å². The van der Waals surface area contributed by atoms with Crippen LogP contribution < -0.4 is 15.5 Å². The number of benzene rings is 2. The number of rotatable bonds is 6. The van der Waals surface area contributed by atoms with Gasteiger partial charge in [0.15, 0.2) is 0 Å². The molecule has 120 valence electrons. The summed E-state index contributed by atoms with van der Waals surface area (Å²) in [6.45, 7) is 4.02. The fourth-order valence-electron chi connectivity index (χ4n) is 1.95. The number of anilines is 1. The molecule has 0 heterocycles. The second-order valence-electron chi connectivity index (χ2n) is 5.18. The molecule has 0 fully saturated rings. The van der Waals surface area contributed by atoms with Crippen LogP contribution in [-0.4, -0.2) is 25.3 Å². The summed E-state index contributed by atoms with van der Waals surface area (Å²) in [7, 11) is 1.62. The Morgan fingerprint density at radius 2 is 1.91 bits per heavy atom. The third-order valence-electron chi connectivity index (χ3n) is 3.34. The number of hydrazone groups is 1. The summed E-state index contributed by atoms with van der Waals surface area (Å²) in [5.74, 6) is 0.553. The van der Waals surface area contributed by atoms with Gasteiger partial charge in [-0.25, -0.2) is 5.43 Å². The summed E-state index contributed by atoms with van der Waals surface area (Å²) in [6.07, 6.45) is 0. The minimum Gasteiger partial charge on any atom is -0.497 e. The van der Waals surface area contributed by atoms with E-state index in [-0.39, 0.29) is 12.5 Å². The van der Waals surface area contributed by atoms with Gasteiger partial charge < -0.3 is 10.1 Å². The zero-order chi connectivity index (χ0) is 16.7. The second kappa shape index (κ2) is 7.98. The SMILES string of the molecule is COc1cccc(/C(C)=N/NC(=O)CNc2ccc(C)cc2)c1. The number of nitrogens with one attached hydrogen (secondary N) is 2. The first-order valence-electron chi connectivity index (χ1n) is 7.36. The lowest BCUT2D eigenvalue weighted by Gasteiger charge is -2.07. The molecule has 1 amide bonds. The fourth-order valence-corrected chi connectivity index (χ4v) is 1.95. The van der Waals surface area contributed by atoms with Crippen molar-refractivity contribution in [2.75, 3.05) is 19.0 Å². The van der Waals surface area contributed by atoms with E-state index >= 15 is 0 Å². The smallest absolute Gasteiger partial charge is 0.259 e. The number of hydrogen-bond acceptors (Lipinski definition) is 4. The van der Waals surface area contributed by atoms with Crippen LogP contribution in [0.3, 0.4) is 0 Å². The van der Waals surface area contributed by atoms with Crippen molar-refractivity contribution in [3.05, 3.63) is 59.7 Å². The molecule has 0 atom stereocenters. The third-order valence-corrected chi connectivity index (χ3v) is 3.34. The Balaban J connectivity index is 1.88. The lowest BCUT2D eigenvalue weighted by molar-refractivity contribution is -0.119. The molecule has 2 aromatic rings. The lowest BCUT2D eigenvalue weighted by atomic mass is 10.1. The molecule has 23 heavy (non-hydrogen) atoms. The third kappa shape index (κ3) is 5.14. The number of ether oxygens (including phenoxy) is 1. The summed E-state index contributed by atoms with van der Waals surface area (Å²) >= 11 is 0. The van der Waals surface area contributed by atoms with Gasteiger partial charge in [-0.3, -0.25) is 4.79 Å². The van der Waals surface area contributed by atoms with Crippen LogP contribution in [0.25, 0.3) is 0 Å². The van der Waals surface area contributed by atoms with Gasteiger partial charge >= 0.3 is 0 Å². The average Bonchev–Trinajstić information content (AvgIpc) is 2.59. The van der Waals surface area contributed by atoms with Crippen molar-refractivity contribution >= 4 is 17.3 Å². The molecule has 0 saturated carbocycles. The Hall–Kier alpha value is -2.82. The van der Waals surface area contributed by atoms with E-state index < -0.39 is 0 Å². The number of methoxy groups -OCH3 is 1. The second-order valence-corrected chi connectivity index (χ2v) is 5.18. The van der Waals surface area contributed by atoms with Gasteiger partial charge in [0.05, 0.1) is 19.4 Å². The van der Waals surface area contributed by atoms with E-state index in [1.165, 1.54) is 5.56 Å². The van der Waals surface area contributed by atoms with Crippen LogP contribution >= 0.6 is 0 Å². The Labute approximate surface area is 136 Å². The van der Waals surface area contributed by atoms with E-state index in [9.17, 15) is 4.79 Å². The Kier molecular flexibility index (Phi) is 5.74. The summed E-state index contributed by atoms with van der Waals surface area (Å²) in [5.41, 5.74) is 6.24. The zero-order valence-corrected chi connectivity index (χ0v) is 13.6. The highest BCUT2D eigenvalue weighted by Crippen LogP contribution is 2.13. The molecule has 5 nitrogen and oxygen atoms in total. The van der Waals surface area contributed by atoms with Crippen LogP contribution in [0, 0.1) is 6.92 Å². The van der Waals surface area contributed by atoms with Crippen LogP contribution in [0.5, 0.6) is 5.75 Å². The monoisotopic (exact) mass is 311 g/mol. The number of aryl methyl sites for hydroxylation is 1. The van der Waals surface area contributed by atoms with Crippen molar-refractivity contribution in [2.45, 2.75) is 13.8 Å². The summed E-state index contributed by atoms with van der Waals surface area (Å²) < 4.78 is 5.17. The van der Waals surface area contributed by atoms with E-state index in [2.05, 4.69) is 15.8 Å². The van der Waals surface area contributed by atoms with Gasteiger partial charge in [0.2, 0.25) is 0 Å². The number of carbonyl (C=O) groups is 1. The van der Waals surface area contributed by atoms with E-state index in [0.29, 0.717) is 5.71 Å². The van der Waals surface area contributed by atoms with Crippen LogP contribution in [0.2, 0.25) is 0 Å². The quantitative estimate of drug-likeness (QED) is 0.637. The van der Waals surface area contributed by atoms with Gasteiger partial charge in [-0.2, -0.15) is 5.10 Å². The van der Waals surface area contributed by atoms with Gasteiger partial charge in [-0.1, -0.05) is 29.8 Å². The molecular weight excluding hydrogens is 290 g/mol. The average molecular weight is 311 g/mol. The van der Waals surface area contributed by atoms with Crippen molar-refractivity contribution in [3.8, 4) is 5.75 Å². The fraction of sp³-hybridized carbons (Fsp3) is 0.222. The van der Waals surface area contributed by atoms with Crippen molar-refractivity contribution in [1.82, 2.24) is 5.43 Å². The molecule has 0 unspecified atom stereocenters. The van der Waals surface area contributed by atoms with E-state index in [1.807, 2.05) is 62.4 Å². The molecule has 5 heteroatoms. The van der Waals surface area contributed by atoms with Gasteiger partial charge in [0.25, 0.3) is 5.91 Å². The summed E-state index contributed by atoms with van der Waals surface area (Å²) in [5, 5.41) is 7.17. The Morgan fingerprint density at radius 1 is 1.17 bits per heavy atom. The number of nitrogens with zero attached hydrogens (tertiary/aromatic N) is 1. The maximum Gasteiger partial charge on any atom is 0.259 e. The molecule has 2 N–H and O–H groups in total. The van der Waals surface area contributed by atoms with E-state index in [1.54, 1.807) is 7.11 Å². The predicted molar refractivity (Wildman–Crippen MR) is 93.0 cm³/mol. The topological polar surface area (TPSA) is 62.7 Å². The largest absolute Gasteiger partial charge is 0.497 e. The summed E-state index contributed by atoms with van der Waals surface area (Å²) in [6, 6.07) is 15.4. The molecule has 2 aromatic carbocycles. The first-order chi connectivity index (χ1) is 11.1. The standard InChI is InChI=1S/C18H21N3O2/c1-13-7-9-16(10-8-13)19-12-18(22)21-20-14(2)15-5-4-6-17(11-15)23-3/h4-11,19H,12H2,1-3H3,(H,21,22)/b20-14+. The van der Waals surface area contributed by atoms with E-state index in [4.69, 9.17) is 4.74 Å². The molecule has 2 rings (SSSR count). The highest BCUT2D eigenvalue weighted by Gasteiger charge is 2.02. The first-order valence-corrected chi connectivity index (χ1v) is 7.36. The number of carbonyl (C=O) groups excluding carboxylic acids is 1. The van der Waals surface area contributed by atoms with Crippen molar-refractivity contribution in [2.24, 2.45) is 5.10 Å². The molecule has 0 spiro atoms. The first kappa shape index (κ1) is 16.5. The number of amides is 1. The molecule has 0 aliphatic carbocycles. The Bertz CT molecular complexity index is 694. The highest BCUT2D eigenvalue weighted by molar-refractivity contribution is 5.99. The van der Waals surface area contributed by atoms with Crippen molar-refractivity contribution in [1.29, 1.82) is 0 Å². The predicted octanol–water partition coefficient (Wildman–Crippen LogP) is 2.96. The van der Waals surface area contributed by atoms with Gasteiger partial charge in [0, 0.05) is 11.3 Å². The molecular formula is C18H21N3O2. The minimum absolute atomic E-state index is 0.165. The number of hydrogen-bond donors (Lipinski definition) is 2. The maximum atomic E-state index is 11.8. The van der Waals surface area contributed by atoms with Gasteiger partial charge in [-0.15, -0.1) is 0 Å². The Morgan fingerprint density at radius 3 is 2.61 bits per heavy atom. The van der Waals surface area contributed by atoms with Crippen LogP contribution in [0.15, 0.2) is 53.6 Å². The zero-order valence-electron chi connectivity index (χ0n) is 13.6. The molecule has 0 saturated heterocycles. The van der Waals surface area contributed by atoms with Gasteiger partial charge in [-0.05, 0) is 38.1 Å². The lowest BCUT2D eigenvalue weighted by Crippen LogP contribution is -2.26. The van der Waals surface area contributed by atoms with Gasteiger partial charge in [0.1, 0.15) is 5.75 Å². The van der Waals surface area contributed by atoms with Crippen LogP contribution in [0.1, 0.15) is 18.1 Å². The minimum atomic E-state index is -0.201. The molecule has 0 bridgehead atoms. The van der Waals surface area contributed by atoms with E-state index in [0.717, 1.165) is 17.0 Å².